The Balaban J connectivity index is 2.88. The van der Waals surface area contributed by atoms with Gasteiger partial charge in [-0.15, -0.1) is 0 Å². The number of nitrogens with one attached hydrogen (secondary N) is 1. The summed E-state index contributed by atoms with van der Waals surface area (Å²) < 4.78 is 0. The minimum atomic E-state index is -1.02. The maximum absolute atomic E-state index is 12.0. The monoisotopic (exact) mass is 314 g/mol. The highest BCUT2D eigenvalue weighted by molar-refractivity contribution is 6.33. The van der Waals surface area contributed by atoms with Crippen LogP contribution in [-0.2, 0) is 4.79 Å². The molecule has 0 saturated carbocycles. The van der Waals surface area contributed by atoms with E-state index in [-0.39, 0.29) is 17.1 Å². The minimum absolute atomic E-state index is 0.0916. The Bertz CT molecular complexity index is 561. The zero-order valence-electron chi connectivity index (χ0n) is 11.3. The van der Waals surface area contributed by atoms with Gasteiger partial charge in [0.1, 0.15) is 10.6 Å². The maximum Gasteiger partial charge on any atom is 0.308 e. The number of benzene rings is 1. The number of para-hydroxylation sites is 1. The second-order valence-electron chi connectivity index (χ2n) is 4.43. The van der Waals surface area contributed by atoms with Gasteiger partial charge in [0, 0.05) is 6.54 Å². The van der Waals surface area contributed by atoms with E-state index in [1.165, 1.54) is 18.2 Å². The fraction of sp³-hybridized carbons (Fsp3) is 0.385. The summed E-state index contributed by atoms with van der Waals surface area (Å²) in [6.45, 7) is 1.74. The fourth-order valence-electron chi connectivity index (χ4n) is 1.86. The molecule has 1 aromatic rings. The largest absolute Gasteiger partial charge is 0.481 e. The van der Waals surface area contributed by atoms with Crippen LogP contribution >= 0.6 is 11.6 Å². The molecule has 0 aromatic heterocycles. The number of nitro benzene ring substituents is 1. The van der Waals surface area contributed by atoms with Gasteiger partial charge in [-0.2, -0.15) is 0 Å². The van der Waals surface area contributed by atoms with Gasteiger partial charge in [-0.3, -0.25) is 19.7 Å². The van der Waals surface area contributed by atoms with Crippen molar-refractivity contribution < 1.29 is 19.6 Å². The van der Waals surface area contributed by atoms with Crippen LogP contribution in [0.15, 0.2) is 18.2 Å². The van der Waals surface area contributed by atoms with Crippen LogP contribution in [0.1, 0.15) is 30.1 Å². The first-order valence-corrected chi connectivity index (χ1v) is 6.70. The molecule has 8 heteroatoms. The van der Waals surface area contributed by atoms with Gasteiger partial charge in [-0.1, -0.05) is 31.0 Å². The van der Waals surface area contributed by atoms with Crippen LogP contribution < -0.4 is 5.32 Å². The van der Waals surface area contributed by atoms with Crippen LogP contribution in [0.2, 0.25) is 5.02 Å². The van der Waals surface area contributed by atoms with Crippen LogP contribution in [0, 0.1) is 16.0 Å². The summed E-state index contributed by atoms with van der Waals surface area (Å²) in [5, 5.41) is 22.2. The zero-order valence-corrected chi connectivity index (χ0v) is 12.1. The van der Waals surface area contributed by atoms with Crippen LogP contribution in [0.4, 0.5) is 5.69 Å². The lowest BCUT2D eigenvalue weighted by molar-refractivity contribution is -0.385. The fourth-order valence-corrected chi connectivity index (χ4v) is 2.10. The summed E-state index contributed by atoms with van der Waals surface area (Å²) in [6.07, 6.45) is 1.07. The van der Waals surface area contributed by atoms with E-state index in [1.54, 1.807) is 0 Å². The van der Waals surface area contributed by atoms with E-state index < -0.39 is 28.4 Å². The summed E-state index contributed by atoms with van der Waals surface area (Å²) in [5.41, 5.74) is -0.674. The SMILES string of the molecule is CCCC(CNC(=O)c1cccc(Cl)c1[N+](=O)[O-])C(=O)O. The number of nitro groups is 1. The van der Waals surface area contributed by atoms with Gasteiger partial charge in [0.2, 0.25) is 0 Å². The first-order chi connectivity index (χ1) is 9.88. The van der Waals surface area contributed by atoms with Crippen molar-refractivity contribution in [3.63, 3.8) is 0 Å². The average molecular weight is 315 g/mol. The number of aliphatic carboxylic acids is 1. The van der Waals surface area contributed by atoms with E-state index in [1.807, 2.05) is 6.92 Å². The molecular weight excluding hydrogens is 300 g/mol. The lowest BCUT2D eigenvalue weighted by Crippen LogP contribution is -2.33. The van der Waals surface area contributed by atoms with Crippen molar-refractivity contribution in [2.75, 3.05) is 6.54 Å². The molecule has 1 unspecified atom stereocenters. The third kappa shape index (κ3) is 4.42. The normalized spacial score (nSPS) is 11.7. The number of hydrogen-bond donors (Lipinski definition) is 2. The quantitative estimate of drug-likeness (QED) is 0.593. The number of carbonyl (C=O) groups is 2. The lowest BCUT2D eigenvalue weighted by Gasteiger charge is -2.12. The minimum Gasteiger partial charge on any atom is -0.481 e. The van der Waals surface area contributed by atoms with Crippen LogP contribution in [0.5, 0.6) is 0 Å². The second-order valence-corrected chi connectivity index (χ2v) is 4.83. The molecule has 1 atom stereocenters. The van der Waals surface area contributed by atoms with E-state index in [9.17, 15) is 19.7 Å². The molecule has 1 amide bonds. The van der Waals surface area contributed by atoms with Crippen LogP contribution in [0.3, 0.4) is 0 Å². The Morgan fingerprint density at radius 3 is 2.67 bits per heavy atom. The van der Waals surface area contributed by atoms with Crippen LogP contribution in [0.25, 0.3) is 0 Å². The van der Waals surface area contributed by atoms with Crippen LogP contribution in [-0.4, -0.2) is 28.5 Å². The highest BCUT2D eigenvalue weighted by Gasteiger charge is 2.25. The summed E-state index contributed by atoms with van der Waals surface area (Å²) in [7, 11) is 0. The summed E-state index contributed by atoms with van der Waals surface area (Å²) in [4.78, 5) is 33.2. The number of hydrogen-bond acceptors (Lipinski definition) is 4. The predicted molar refractivity (Wildman–Crippen MR) is 76.5 cm³/mol. The predicted octanol–water partition coefficient (Wildman–Crippen LogP) is 2.48. The van der Waals surface area contributed by atoms with E-state index in [2.05, 4.69) is 5.32 Å². The van der Waals surface area contributed by atoms with Crippen molar-refractivity contribution in [2.24, 2.45) is 5.92 Å². The first kappa shape index (κ1) is 16.9. The Kier molecular flexibility index (Phi) is 6.10. The second kappa shape index (κ2) is 7.58. The molecule has 2 N–H and O–H groups in total. The number of rotatable bonds is 7. The highest BCUT2D eigenvalue weighted by Crippen LogP contribution is 2.28. The van der Waals surface area contributed by atoms with Crippen molar-refractivity contribution >= 4 is 29.2 Å². The van der Waals surface area contributed by atoms with Crippen molar-refractivity contribution in [1.29, 1.82) is 0 Å². The van der Waals surface area contributed by atoms with Gasteiger partial charge in [-0.25, -0.2) is 0 Å². The Morgan fingerprint density at radius 1 is 1.48 bits per heavy atom. The maximum atomic E-state index is 12.0. The molecule has 1 aromatic carbocycles. The zero-order chi connectivity index (χ0) is 16.0. The molecule has 0 aliphatic carbocycles. The molecule has 0 heterocycles. The van der Waals surface area contributed by atoms with Crippen molar-refractivity contribution in [1.82, 2.24) is 5.32 Å². The third-order valence-corrected chi connectivity index (χ3v) is 3.21. The van der Waals surface area contributed by atoms with Gasteiger partial charge in [0.25, 0.3) is 5.91 Å². The molecule has 0 fully saturated rings. The standard InChI is InChI=1S/C13H15ClN2O5/c1-2-4-8(13(18)19)7-15-12(17)9-5-3-6-10(14)11(9)16(20)21/h3,5-6,8H,2,4,7H2,1H3,(H,15,17)(H,18,19). The summed E-state index contributed by atoms with van der Waals surface area (Å²) in [6, 6.07) is 4.01. The Morgan fingerprint density at radius 2 is 2.14 bits per heavy atom. The van der Waals surface area contributed by atoms with E-state index in [0.29, 0.717) is 12.8 Å². The summed E-state index contributed by atoms with van der Waals surface area (Å²) in [5.74, 6) is -2.46. The molecule has 1 rings (SSSR count). The van der Waals surface area contributed by atoms with Gasteiger partial charge in [0.15, 0.2) is 0 Å². The van der Waals surface area contributed by atoms with Crippen molar-refractivity contribution in [2.45, 2.75) is 19.8 Å². The number of carbonyl (C=O) groups excluding carboxylic acids is 1. The van der Waals surface area contributed by atoms with Crippen molar-refractivity contribution in [3.8, 4) is 0 Å². The molecule has 0 aliphatic rings. The lowest BCUT2D eigenvalue weighted by atomic mass is 10.0. The molecule has 21 heavy (non-hydrogen) atoms. The number of halogens is 1. The molecule has 0 bridgehead atoms. The Hall–Kier alpha value is -2.15. The molecule has 7 nitrogen and oxygen atoms in total. The van der Waals surface area contributed by atoms with Gasteiger partial charge >= 0.3 is 11.7 Å². The Labute approximate surface area is 126 Å². The smallest absolute Gasteiger partial charge is 0.308 e. The molecular formula is C13H15ClN2O5. The number of carboxylic acid groups (broad SMARTS) is 1. The van der Waals surface area contributed by atoms with E-state index in [0.717, 1.165) is 0 Å². The topological polar surface area (TPSA) is 110 Å². The summed E-state index contributed by atoms with van der Waals surface area (Å²) >= 11 is 5.72. The molecule has 114 valence electrons. The first-order valence-electron chi connectivity index (χ1n) is 6.32. The number of amides is 1. The highest BCUT2D eigenvalue weighted by atomic mass is 35.5. The third-order valence-electron chi connectivity index (χ3n) is 2.91. The van der Waals surface area contributed by atoms with E-state index in [4.69, 9.17) is 16.7 Å². The van der Waals surface area contributed by atoms with E-state index >= 15 is 0 Å². The van der Waals surface area contributed by atoms with Gasteiger partial charge in [0.05, 0.1) is 10.8 Å². The number of nitrogens with zero attached hydrogens (tertiary/aromatic N) is 1. The van der Waals surface area contributed by atoms with Gasteiger partial charge in [-0.05, 0) is 18.6 Å². The van der Waals surface area contributed by atoms with Crippen molar-refractivity contribution in [3.05, 3.63) is 38.9 Å². The van der Waals surface area contributed by atoms with Gasteiger partial charge < -0.3 is 10.4 Å². The molecule has 0 saturated heterocycles. The average Bonchev–Trinajstić information content (AvgIpc) is 2.41. The molecule has 0 spiro atoms. The number of carboxylic acids is 1. The molecule has 0 aliphatic heterocycles. The molecule has 0 radical (unpaired) electrons.